The van der Waals surface area contributed by atoms with Crippen LogP contribution in [0.5, 0.6) is 0 Å². The van der Waals surface area contributed by atoms with Gasteiger partial charge in [-0.2, -0.15) is 13.1 Å². The first-order valence-corrected chi connectivity index (χ1v) is 13.6. The van der Waals surface area contributed by atoms with Gasteiger partial charge < -0.3 is 0 Å². The molecule has 13 heteroatoms. The lowest BCUT2D eigenvalue weighted by Gasteiger charge is -2.11. The zero-order chi connectivity index (χ0) is 26.3. The number of ketones is 1. The van der Waals surface area contributed by atoms with E-state index in [4.69, 9.17) is 0 Å². The van der Waals surface area contributed by atoms with Crippen molar-refractivity contribution in [3.63, 3.8) is 0 Å². The molecule has 2 aromatic carbocycles. The van der Waals surface area contributed by atoms with Crippen LogP contribution < -0.4 is 9.44 Å². The van der Waals surface area contributed by atoms with Crippen molar-refractivity contribution >= 4 is 42.7 Å². The number of benzene rings is 2. The summed E-state index contributed by atoms with van der Waals surface area (Å²) in [5, 5.41) is 0.135. The Morgan fingerprint density at radius 3 is 2.36 bits per heavy atom. The molecule has 0 bridgehead atoms. The zero-order valence-corrected chi connectivity index (χ0v) is 21.1. The van der Waals surface area contributed by atoms with Crippen molar-refractivity contribution in [3.05, 3.63) is 83.2 Å². The van der Waals surface area contributed by atoms with Gasteiger partial charge in [-0.15, -0.1) is 0 Å². The number of hydrogen-bond acceptors (Lipinski definition) is 7. The Bertz CT molecular complexity index is 1700. The summed E-state index contributed by atoms with van der Waals surface area (Å²) in [6.07, 6.45) is 2.25. The van der Waals surface area contributed by atoms with Crippen LogP contribution in [-0.2, 0) is 20.2 Å². The molecule has 0 fully saturated rings. The summed E-state index contributed by atoms with van der Waals surface area (Å²) in [7, 11) is -8.22. The van der Waals surface area contributed by atoms with Crippen LogP contribution in [0, 0.1) is 19.7 Å². The molecular formula is C23H22FN5O5S2. The summed E-state index contributed by atoms with van der Waals surface area (Å²) in [6.45, 7) is 5.01. The summed E-state index contributed by atoms with van der Waals surface area (Å²) in [5.74, 6) is -1.97. The first-order valence-electron chi connectivity index (χ1n) is 10.7. The zero-order valence-electron chi connectivity index (χ0n) is 19.5. The summed E-state index contributed by atoms with van der Waals surface area (Å²) < 4.78 is 71.3. The second-order valence-corrected chi connectivity index (χ2v) is 11.2. The van der Waals surface area contributed by atoms with Gasteiger partial charge in [0.05, 0.1) is 32.8 Å². The van der Waals surface area contributed by atoms with Crippen molar-refractivity contribution in [2.45, 2.75) is 25.7 Å². The van der Waals surface area contributed by atoms with E-state index in [1.54, 1.807) is 26.0 Å². The molecule has 0 spiro atoms. The molecule has 2 aromatic heterocycles. The van der Waals surface area contributed by atoms with Gasteiger partial charge in [-0.05, 0) is 38.1 Å². The number of nitrogens with one attached hydrogen (secondary N) is 2. The van der Waals surface area contributed by atoms with Crippen LogP contribution in [-0.4, -0.2) is 43.1 Å². The maximum Gasteiger partial charge on any atom is 0.299 e. The van der Waals surface area contributed by atoms with E-state index in [2.05, 4.69) is 14.7 Å². The number of carbonyl (C=O) groups is 1. The molecule has 0 unspecified atom stereocenters. The number of rotatable bonds is 8. The number of aromatic nitrogens is 3. The Labute approximate surface area is 207 Å². The van der Waals surface area contributed by atoms with Crippen molar-refractivity contribution in [1.82, 2.24) is 18.7 Å². The van der Waals surface area contributed by atoms with E-state index >= 15 is 4.39 Å². The number of carbonyl (C=O) groups excluding carboxylic acids is 1. The third kappa shape index (κ3) is 4.59. The van der Waals surface area contributed by atoms with Gasteiger partial charge >= 0.3 is 0 Å². The number of halogens is 1. The van der Waals surface area contributed by atoms with Crippen LogP contribution in [0.15, 0.2) is 59.9 Å². The maximum atomic E-state index is 15.3. The Morgan fingerprint density at radius 1 is 1.00 bits per heavy atom. The Balaban J connectivity index is 1.88. The van der Waals surface area contributed by atoms with Crippen LogP contribution in [0.1, 0.15) is 34.1 Å². The lowest BCUT2D eigenvalue weighted by molar-refractivity contribution is 0.103. The lowest BCUT2D eigenvalue weighted by Crippen LogP contribution is -2.30. The molecule has 0 aliphatic rings. The minimum Gasteiger partial charge on any atom is -0.288 e. The number of hydrogen-bond donors (Lipinski definition) is 2. The molecule has 0 radical (unpaired) electrons. The van der Waals surface area contributed by atoms with Gasteiger partial charge in [-0.1, -0.05) is 30.7 Å². The molecule has 0 amide bonds. The van der Waals surface area contributed by atoms with E-state index < -0.39 is 43.1 Å². The quantitative estimate of drug-likeness (QED) is 0.333. The van der Waals surface area contributed by atoms with Crippen molar-refractivity contribution in [2.75, 3.05) is 11.3 Å². The standard InChI is InChI=1S/C23H22FN5O5S2/c1-4-27-36(33,34)28-19-7-5-6-17(21(19)24)22(30)18-12-29(23-20(18)15(3)25-13-26-23)35(31,32)16-10-8-14(2)9-11-16/h5-13,27-28H,4H2,1-3H3. The van der Waals surface area contributed by atoms with Gasteiger partial charge in [-0.3, -0.25) is 9.52 Å². The average Bonchev–Trinajstić information content (AvgIpc) is 3.22. The number of fused-ring (bicyclic) bond motifs is 1. The molecule has 10 nitrogen and oxygen atoms in total. The second-order valence-electron chi connectivity index (χ2n) is 7.91. The summed E-state index contributed by atoms with van der Waals surface area (Å²) in [5.41, 5.74) is 0.0822. The predicted molar refractivity (Wildman–Crippen MR) is 132 cm³/mol. The normalized spacial score (nSPS) is 12.1. The van der Waals surface area contributed by atoms with Gasteiger partial charge in [-0.25, -0.2) is 26.7 Å². The summed E-state index contributed by atoms with van der Waals surface area (Å²) in [6, 6.07) is 9.81. The topological polar surface area (TPSA) is 140 Å². The molecule has 4 aromatic rings. The second kappa shape index (κ2) is 9.41. The molecule has 2 N–H and O–H groups in total. The van der Waals surface area contributed by atoms with Crippen molar-refractivity contribution < 1.29 is 26.0 Å². The van der Waals surface area contributed by atoms with Gasteiger partial charge in [0.25, 0.3) is 20.2 Å². The van der Waals surface area contributed by atoms with Gasteiger partial charge in [0, 0.05) is 12.7 Å². The average molecular weight is 532 g/mol. The summed E-state index contributed by atoms with van der Waals surface area (Å²) in [4.78, 5) is 21.6. The van der Waals surface area contributed by atoms with E-state index in [9.17, 15) is 21.6 Å². The highest BCUT2D eigenvalue weighted by atomic mass is 32.2. The number of nitrogens with zero attached hydrogens (tertiary/aromatic N) is 3. The third-order valence-electron chi connectivity index (χ3n) is 5.39. The van der Waals surface area contributed by atoms with Crippen LogP contribution in [0.3, 0.4) is 0 Å². The molecule has 0 saturated carbocycles. The highest BCUT2D eigenvalue weighted by molar-refractivity contribution is 7.90. The van der Waals surface area contributed by atoms with Crippen LogP contribution in [0.2, 0.25) is 0 Å². The van der Waals surface area contributed by atoms with E-state index in [1.165, 1.54) is 36.7 Å². The molecule has 0 saturated heterocycles. The van der Waals surface area contributed by atoms with Crippen molar-refractivity contribution in [1.29, 1.82) is 0 Å². The Hall–Kier alpha value is -3.68. The number of aryl methyl sites for hydroxylation is 2. The molecule has 0 aliphatic carbocycles. The lowest BCUT2D eigenvalue weighted by atomic mass is 10.0. The molecule has 0 atom stereocenters. The third-order valence-corrected chi connectivity index (χ3v) is 8.21. The highest BCUT2D eigenvalue weighted by Gasteiger charge is 2.28. The van der Waals surface area contributed by atoms with Gasteiger partial charge in [0.1, 0.15) is 6.33 Å². The van der Waals surface area contributed by atoms with E-state index in [1.807, 2.05) is 11.6 Å². The molecule has 36 heavy (non-hydrogen) atoms. The minimum atomic E-state index is -4.16. The Kier molecular flexibility index (Phi) is 6.64. The fourth-order valence-electron chi connectivity index (χ4n) is 3.67. The monoisotopic (exact) mass is 531 g/mol. The van der Waals surface area contributed by atoms with Crippen molar-refractivity contribution in [2.24, 2.45) is 0 Å². The van der Waals surface area contributed by atoms with Gasteiger partial charge in [0.15, 0.2) is 17.2 Å². The molecule has 4 rings (SSSR count). The molecule has 188 valence electrons. The van der Waals surface area contributed by atoms with E-state index in [0.717, 1.165) is 15.7 Å². The number of anilines is 1. The van der Waals surface area contributed by atoms with Crippen LogP contribution >= 0.6 is 0 Å². The molecule has 2 heterocycles. The first kappa shape index (κ1) is 25.4. The van der Waals surface area contributed by atoms with Crippen LogP contribution in [0.4, 0.5) is 10.1 Å². The van der Waals surface area contributed by atoms with E-state index in [-0.39, 0.29) is 28.0 Å². The fraction of sp³-hybridized carbons (Fsp3) is 0.174. The largest absolute Gasteiger partial charge is 0.299 e. The smallest absolute Gasteiger partial charge is 0.288 e. The molecular weight excluding hydrogens is 509 g/mol. The maximum absolute atomic E-state index is 15.3. The van der Waals surface area contributed by atoms with Crippen molar-refractivity contribution in [3.8, 4) is 0 Å². The fourth-order valence-corrected chi connectivity index (χ4v) is 5.88. The summed E-state index contributed by atoms with van der Waals surface area (Å²) >= 11 is 0. The molecule has 0 aliphatic heterocycles. The predicted octanol–water partition coefficient (Wildman–Crippen LogP) is 2.92. The Morgan fingerprint density at radius 2 is 1.69 bits per heavy atom. The van der Waals surface area contributed by atoms with Crippen LogP contribution in [0.25, 0.3) is 11.0 Å². The first-order chi connectivity index (χ1) is 17.0. The van der Waals surface area contributed by atoms with E-state index in [0.29, 0.717) is 5.69 Å². The van der Waals surface area contributed by atoms with Gasteiger partial charge in [0.2, 0.25) is 0 Å². The minimum absolute atomic E-state index is 0.0220. The SMILES string of the molecule is CCNS(=O)(=O)Nc1cccc(C(=O)c2cn(S(=O)(=O)c3ccc(C)cc3)c3ncnc(C)c23)c1F. The highest BCUT2D eigenvalue weighted by Crippen LogP contribution is 2.30.